The molecular formula is C12H11N3O3S. The smallest absolute Gasteiger partial charge is 0.347 e. The summed E-state index contributed by atoms with van der Waals surface area (Å²) in [7, 11) is 0. The summed E-state index contributed by atoms with van der Waals surface area (Å²) in [6, 6.07) is 3.27. The van der Waals surface area contributed by atoms with E-state index >= 15 is 0 Å². The Morgan fingerprint density at radius 3 is 2.79 bits per heavy atom. The summed E-state index contributed by atoms with van der Waals surface area (Å²) in [5.74, 6) is -1.39. The number of aromatic carboxylic acids is 1. The molecule has 0 bridgehead atoms. The molecule has 0 aliphatic rings. The second-order valence-corrected chi connectivity index (χ2v) is 4.65. The SMILES string of the molecule is CCc1nc(NC(=O)c2cccnc2)sc1C(=O)O. The number of hydrogen-bond acceptors (Lipinski definition) is 5. The van der Waals surface area contributed by atoms with Crippen molar-refractivity contribution >= 4 is 28.3 Å². The Morgan fingerprint density at radius 2 is 2.26 bits per heavy atom. The first kappa shape index (κ1) is 13.2. The zero-order chi connectivity index (χ0) is 13.8. The van der Waals surface area contributed by atoms with Gasteiger partial charge in [-0.3, -0.25) is 15.1 Å². The largest absolute Gasteiger partial charge is 0.477 e. The predicted octanol–water partition coefficient (Wildman–Crippen LogP) is 2.05. The first-order chi connectivity index (χ1) is 9.11. The number of carbonyl (C=O) groups excluding carboxylic acids is 1. The molecule has 2 heterocycles. The van der Waals surface area contributed by atoms with E-state index in [0.29, 0.717) is 17.7 Å². The molecule has 0 aliphatic carbocycles. The number of pyridine rings is 1. The molecule has 2 N–H and O–H groups in total. The lowest BCUT2D eigenvalue weighted by molar-refractivity contribution is 0.0700. The van der Waals surface area contributed by atoms with Crippen LogP contribution >= 0.6 is 11.3 Å². The van der Waals surface area contributed by atoms with Crippen LogP contribution in [0.4, 0.5) is 5.13 Å². The van der Waals surface area contributed by atoms with E-state index in [0.717, 1.165) is 11.3 Å². The van der Waals surface area contributed by atoms with Gasteiger partial charge in [0.1, 0.15) is 4.88 Å². The Morgan fingerprint density at radius 1 is 1.47 bits per heavy atom. The van der Waals surface area contributed by atoms with Crippen LogP contribution in [0.3, 0.4) is 0 Å². The minimum absolute atomic E-state index is 0.156. The number of aromatic nitrogens is 2. The predicted molar refractivity (Wildman–Crippen MR) is 70.6 cm³/mol. The zero-order valence-electron chi connectivity index (χ0n) is 10.1. The topological polar surface area (TPSA) is 92.2 Å². The molecular weight excluding hydrogens is 266 g/mol. The van der Waals surface area contributed by atoms with Crippen LogP contribution in [0.15, 0.2) is 24.5 Å². The number of carboxylic acids is 1. The molecule has 2 aromatic rings. The van der Waals surface area contributed by atoms with Crippen molar-refractivity contribution in [2.45, 2.75) is 13.3 Å². The van der Waals surface area contributed by atoms with Gasteiger partial charge in [0, 0.05) is 12.4 Å². The third-order valence-electron chi connectivity index (χ3n) is 2.37. The molecule has 0 spiro atoms. The van der Waals surface area contributed by atoms with Crippen LogP contribution in [0.5, 0.6) is 0 Å². The zero-order valence-corrected chi connectivity index (χ0v) is 10.9. The number of amides is 1. The first-order valence-electron chi connectivity index (χ1n) is 5.56. The molecule has 7 heteroatoms. The first-order valence-corrected chi connectivity index (χ1v) is 6.37. The highest BCUT2D eigenvalue weighted by atomic mass is 32.1. The van der Waals surface area contributed by atoms with E-state index in [9.17, 15) is 9.59 Å². The highest BCUT2D eigenvalue weighted by Crippen LogP contribution is 2.23. The average molecular weight is 277 g/mol. The summed E-state index contributed by atoms with van der Waals surface area (Å²) >= 11 is 0.952. The van der Waals surface area contributed by atoms with Gasteiger partial charge in [0.05, 0.1) is 11.3 Å². The highest BCUT2D eigenvalue weighted by Gasteiger charge is 2.17. The molecule has 6 nitrogen and oxygen atoms in total. The molecule has 0 saturated heterocycles. The van der Waals surface area contributed by atoms with Gasteiger partial charge in [-0.1, -0.05) is 18.3 Å². The molecule has 0 aliphatic heterocycles. The summed E-state index contributed by atoms with van der Waals surface area (Å²) in [6.07, 6.45) is 3.50. The van der Waals surface area contributed by atoms with E-state index in [2.05, 4.69) is 15.3 Å². The molecule has 0 aromatic carbocycles. The molecule has 2 rings (SSSR count). The Balaban J connectivity index is 2.20. The molecule has 19 heavy (non-hydrogen) atoms. The number of anilines is 1. The molecule has 98 valence electrons. The van der Waals surface area contributed by atoms with Crippen LogP contribution in [0.2, 0.25) is 0 Å². The number of nitrogens with one attached hydrogen (secondary N) is 1. The van der Waals surface area contributed by atoms with Crippen molar-refractivity contribution in [2.75, 3.05) is 5.32 Å². The number of carboxylic acid groups (broad SMARTS) is 1. The summed E-state index contributed by atoms with van der Waals surface area (Å²) in [5.41, 5.74) is 0.867. The van der Waals surface area contributed by atoms with E-state index < -0.39 is 5.97 Å². The van der Waals surface area contributed by atoms with Crippen molar-refractivity contribution in [3.8, 4) is 0 Å². The third kappa shape index (κ3) is 2.94. The molecule has 0 unspecified atom stereocenters. The standard InChI is InChI=1S/C12H11N3O3S/c1-2-8-9(11(17)18)19-12(14-8)15-10(16)7-4-3-5-13-6-7/h3-6H,2H2,1H3,(H,17,18)(H,14,15,16). The number of carbonyl (C=O) groups is 2. The summed E-state index contributed by atoms with van der Waals surface area (Å²) < 4.78 is 0. The lowest BCUT2D eigenvalue weighted by atomic mass is 10.3. The maximum Gasteiger partial charge on any atom is 0.347 e. The Kier molecular flexibility index (Phi) is 3.86. The van der Waals surface area contributed by atoms with Crippen LogP contribution in [-0.4, -0.2) is 27.0 Å². The van der Waals surface area contributed by atoms with Crippen molar-refractivity contribution in [3.05, 3.63) is 40.7 Å². The lowest BCUT2D eigenvalue weighted by Crippen LogP contribution is -2.11. The summed E-state index contributed by atoms with van der Waals surface area (Å²) in [5, 5.41) is 11.9. The van der Waals surface area contributed by atoms with Crippen LogP contribution in [0.25, 0.3) is 0 Å². The van der Waals surface area contributed by atoms with Gasteiger partial charge in [-0.25, -0.2) is 9.78 Å². The quantitative estimate of drug-likeness (QED) is 0.892. The number of rotatable bonds is 4. The molecule has 0 saturated carbocycles. The van der Waals surface area contributed by atoms with E-state index in [-0.39, 0.29) is 15.9 Å². The fourth-order valence-electron chi connectivity index (χ4n) is 1.48. The van der Waals surface area contributed by atoms with Gasteiger partial charge in [0.2, 0.25) is 0 Å². The monoisotopic (exact) mass is 277 g/mol. The van der Waals surface area contributed by atoms with Crippen molar-refractivity contribution in [1.82, 2.24) is 9.97 Å². The van der Waals surface area contributed by atoms with Crippen LogP contribution in [0, 0.1) is 0 Å². The molecule has 0 atom stereocenters. The molecule has 2 aromatic heterocycles. The van der Waals surface area contributed by atoms with Gasteiger partial charge in [0.25, 0.3) is 5.91 Å². The van der Waals surface area contributed by atoms with Crippen molar-refractivity contribution < 1.29 is 14.7 Å². The van der Waals surface area contributed by atoms with Crippen molar-refractivity contribution in [1.29, 1.82) is 0 Å². The maximum atomic E-state index is 11.9. The normalized spacial score (nSPS) is 10.2. The second-order valence-electron chi connectivity index (χ2n) is 3.65. The Labute approximate surface area is 113 Å². The number of thiazole rings is 1. The Hall–Kier alpha value is -2.28. The minimum atomic E-state index is -1.03. The van der Waals surface area contributed by atoms with Gasteiger partial charge in [0.15, 0.2) is 5.13 Å². The molecule has 0 fully saturated rings. The van der Waals surface area contributed by atoms with Crippen molar-refractivity contribution in [2.24, 2.45) is 0 Å². The van der Waals surface area contributed by atoms with Crippen molar-refractivity contribution in [3.63, 3.8) is 0 Å². The van der Waals surface area contributed by atoms with Gasteiger partial charge in [-0.15, -0.1) is 0 Å². The van der Waals surface area contributed by atoms with Gasteiger partial charge >= 0.3 is 5.97 Å². The van der Waals surface area contributed by atoms with Crippen LogP contribution in [-0.2, 0) is 6.42 Å². The number of nitrogens with zero attached hydrogens (tertiary/aromatic N) is 2. The van der Waals surface area contributed by atoms with E-state index in [4.69, 9.17) is 5.11 Å². The Bertz CT molecular complexity index is 610. The fourth-order valence-corrected chi connectivity index (χ4v) is 2.37. The van der Waals surface area contributed by atoms with E-state index in [1.165, 1.54) is 6.20 Å². The van der Waals surface area contributed by atoms with Crippen LogP contribution < -0.4 is 5.32 Å². The lowest BCUT2D eigenvalue weighted by Gasteiger charge is -1.99. The van der Waals surface area contributed by atoms with Gasteiger partial charge in [-0.2, -0.15) is 0 Å². The number of hydrogen-bond donors (Lipinski definition) is 2. The van der Waals surface area contributed by atoms with E-state index in [1.54, 1.807) is 18.3 Å². The minimum Gasteiger partial charge on any atom is -0.477 e. The third-order valence-corrected chi connectivity index (χ3v) is 3.37. The fraction of sp³-hybridized carbons (Fsp3) is 0.167. The molecule has 0 radical (unpaired) electrons. The van der Waals surface area contributed by atoms with Gasteiger partial charge < -0.3 is 5.11 Å². The maximum absolute atomic E-state index is 11.9. The van der Waals surface area contributed by atoms with E-state index in [1.807, 2.05) is 6.92 Å². The average Bonchev–Trinajstić information content (AvgIpc) is 2.83. The number of aryl methyl sites for hydroxylation is 1. The van der Waals surface area contributed by atoms with Crippen LogP contribution in [0.1, 0.15) is 32.6 Å². The molecule has 1 amide bonds. The second kappa shape index (κ2) is 5.57. The summed E-state index contributed by atoms with van der Waals surface area (Å²) in [4.78, 5) is 31.0. The van der Waals surface area contributed by atoms with Gasteiger partial charge in [-0.05, 0) is 18.6 Å². The summed E-state index contributed by atoms with van der Waals surface area (Å²) in [6.45, 7) is 1.81. The highest BCUT2D eigenvalue weighted by molar-refractivity contribution is 7.17.